The second-order valence-electron chi connectivity index (χ2n) is 12.5. The van der Waals surface area contributed by atoms with Gasteiger partial charge in [0.2, 0.25) is 0 Å². The minimum Gasteiger partial charge on any atom is -0.393 e. The molecule has 0 spiro atoms. The van der Waals surface area contributed by atoms with Crippen LogP contribution in [0.5, 0.6) is 0 Å². The summed E-state index contributed by atoms with van der Waals surface area (Å²) in [5.41, 5.74) is 1.11. The summed E-state index contributed by atoms with van der Waals surface area (Å²) in [6.45, 7) is 10.3. The van der Waals surface area contributed by atoms with Crippen molar-refractivity contribution < 1.29 is 5.11 Å². The van der Waals surface area contributed by atoms with E-state index < -0.39 is 0 Å². The van der Waals surface area contributed by atoms with Crippen molar-refractivity contribution in [2.24, 2.45) is 52.3 Å². The fourth-order valence-corrected chi connectivity index (χ4v) is 9.83. The van der Waals surface area contributed by atoms with Gasteiger partial charge in [0, 0.05) is 0 Å². The van der Waals surface area contributed by atoms with E-state index in [4.69, 9.17) is 0 Å². The van der Waals surface area contributed by atoms with Gasteiger partial charge in [-0.1, -0.05) is 72.4 Å². The number of fused-ring (bicyclic) bond motifs is 5. The molecule has 4 saturated carbocycles. The number of hydrogen-bond acceptors (Lipinski definition) is 1. The Balaban J connectivity index is 1.41. The SMILES string of the molecule is CC(CCC[C@@H](C)[C@H]1CC[C@H]2[C@@H]3CCC4C[C@@H](O)CC[C@]4(C)[C@H]3CC[C@]12C)C(Br)Br. The van der Waals surface area contributed by atoms with Gasteiger partial charge in [0.1, 0.15) is 0 Å². The smallest absolute Gasteiger partial charge is 0.0723 e. The monoisotopic (exact) mass is 544 g/mol. The van der Waals surface area contributed by atoms with Gasteiger partial charge in [0.25, 0.3) is 0 Å². The topological polar surface area (TPSA) is 20.2 Å². The molecule has 0 saturated heterocycles. The summed E-state index contributed by atoms with van der Waals surface area (Å²) in [7, 11) is 0. The highest BCUT2D eigenvalue weighted by atomic mass is 79.9. The van der Waals surface area contributed by atoms with E-state index in [9.17, 15) is 5.11 Å². The standard InChI is InChI=1S/C27H46Br2O/c1-17(6-5-7-18(2)25(28)29)22-10-11-23-21-9-8-19-16-20(30)12-14-26(19,3)24(21)13-15-27(22,23)4/h17-25,30H,5-16H2,1-4H3/t17-,18?,19?,20+,21+,22-,23+,24+,26+,27-/m1/s1. The highest BCUT2D eigenvalue weighted by Gasteiger charge is 2.60. The fraction of sp³-hybridized carbons (Fsp3) is 1.00. The van der Waals surface area contributed by atoms with Gasteiger partial charge in [0.05, 0.1) is 9.84 Å². The van der Waals surface area contributed by atoms with Gasteiger partial charge >= 0.3 is 0 Å². The van der Waals surface area contributed by atoms with Crippen LogP contribution in [0.2, 0.25) is 0 Å². The summed E-state index contributed by atoms with van der Waals surface area (Å²) in [6, 6.07) is 0. The number of hydrogen-bond donors (Lipinski definition) is 1. The molecule has 0 aromatic rings. The molecule has 1 N–H and O–H groups in total. The first kappa shape index (κ1) is 24.1. The van der Waals surface area contributed by atoms with Crippen LogP contribution in [0, 0.1) is 52.3 Å². The minimum atomic E-state index is -0.0164. The maximum Gasteiger partial charge on any atom is 0.0723 e. The quantitative estimate of drug-likeness (QED) is 0.331. The molecule has 4 aliphatic rings. The zero-order chi connectivity index (χ0) is 21.7. The summed E-state index contributed by atoms with van der Waals surface area (Å²) < 4.78 is 0.460. The lowest BCUT2D eigenvalue weighted by atomic mass is 9.44. The molecule has 30 heavy (non-hydrogen) atoms. The molecule has 4 fully saturated rings. The number of rotatable bonds is 6. The van der Waals surface area contributed by atoms with Crippen molar-refractivity contribution in [1.82, 2.24) is 0 Å². The molecule has 0 amide bonds. The first-order valence-corrected chi connectivity index (χ1v) is 15.0. The first-order valence-electron chi connectivity index (χ1n) is 13.1. The third kappa shape index (κ3) is 4.24. The van der Waals surface area contributed by atoms with Crippen LogP contribution in [0.4, 0.5) is 0 Å². The molecule has 10 atom stereocenters. The van der Waals surface area contributed by atoms with E-state index in [1.54, 1.807) is 0 Å². The Bertz CT molecular complexity index is 593. The summed E-state index contributed by atoms with van der Waals surface area (Å²) in [4.78, 5) is 0. The second kappa shape index (κ2) is 9.28. The Labute approximate surface area is 203 Å². The maximum absolute atomic E-state index is 10.3. The number of aliphatic hydroxyl groups is 1. The minimum absolute atomic E-state index is 0.0164. The molecule has 0 aliphatic heterocycles. The van der Waals surface area contributed by atoms with Crippen molar-refractivity contribution in [2.45, 2.75) is 115 Å². The maximum atomic E-state index is 10.3. The van der Waals surface area contributed by atoms with Crippen LogP contribution in [-0.2, 0) is 0 Å². The third-order valence-electron chi connectivity index (χ3n) is 11.1. The zero-order valence-corrected chi connectivity index (χ0v) is 23.1. The van der Waals surface area contributed by atoms with Gasteiger partial charge in [0.15, 0.2) is 0 Å². The second-order valence-corrected chi connectivity index (χ2v) is 15.7. The molecule has 174 valence electrons. The summed E-state index contributed by atoms with van der Waals surface area (Å²) in [5.74, 6) is 6.21. The molecular formula is C27H46Br2O. The predicted octanol–water partition coefficient (Wildman–Crippen LogP) is 8.56. The van der Waals surface area contributed by atoms with Crippen LogP contribution in [0.1, 0.15) is 105 Å². The average Bonchev–Trinajstić information content (AvgIpc) is 3.05. The van der Waals surface area contributed by atoms with Gasteiger partial charge < -0.3 is 5.11 Å². The molecular weight excluding hydrogens is 500 g/mol. The summed E-state index contributed by atoms with van der Waals surface area (Å²) in [5, 5.41) is 10.3. The van der Waals surface area contributed by atoms with Crippen LogP contribution in [-0.4, -0.2) is 14.9 Å². The molecule has 4 rings (SSSR count). The van der Waals surface area contributed by atoms with Crippen molar-refractivity contribution in [2.75, 3.05) is 0 Å². The Hall–Kier alpha value is 0.920. The third-order valence-corrected chi connectivity index (χ3v) is 13.0. The zero-order valence-electron chi connectivity index (χ0n) is 19.9. The largest absolute Gasteiger partial charge is 0.393 e. The Kier molecular flexibility index (Phi) is 7.44. The van der Waals surface area contributed by atoms with Crippen molar-refractivity contribution in [3.05, 3.63) is 0 Å². The first-order chi connectivity index (χ1) is 14.2. The molecule has 0 aromatic heterocycles. The Morgan fingerprint density at radius 3 is 2.30 bits per heavy atom. The highest BCUT2D eigenvalue weighted by Crippen LogP contribution is 2.68. The van der Waals surface area contributed by atoms with Crippen LogP contribution >= 0.6 is 31.9 Å². The molecule has 0 aromatic carbocycles. The van der Waals surface area contributed by atoms with Crippen LogP contribution in [0.3, 0.4) is 0 Å². The van der Waals surface area contributed by atoms with E-state index in [0.29, 0.717) is 20.5 Å². The van der Waals surface area contributed by atoms with Crippen LogP contribution in [0.15, 0.2) is 0 Å². The molecule has 3 heteroatoms. The van der Waals surface area contributed by atoms with E-state index in [1.165, 1.54) is 64.2 Å². The molecule has 2 unspecified atom stereocenters. The van der Waals surface area contributed by atoms with Crippen molar-refractivity contribution in [1.29, 1.82) is 0 Å². The fourth-order valence-electron chi connectivity index (χ4n) is 9.30. The van der Waals surface area contributed by atoms with Gasteiger partial charge in [-0.3, -0.25) is 0 Å². The van der Waals surface area contributed by atoms with Gasteiger partial charge in [-0.15, -0.1) is 0 Å². The Morgan fingerprint density at radius 1 is 0.867 bits per heavy atom. The molecule has 0 heterocycles. The van der Waals surface area contributed by atoms with Crippen molar-refractivity contribution in [3.8, 4) is 0 Å². The van der Waals surface area contributed by atoms with Gasteiger partial charge in [-0.05, 0) is 116 Å². The Morgan fingerprint density at radius 2 is 1.57 bits per heavy atom. The average molecular weight is 546 g/mol. The molecule has 1 nitrogen and oxygen atoms in total. The van der Waals surface area contributed by atoms with Gasteiger partial charge in [-0.2, -0.15) is 0 Å². The molecule has 4 aliphatic carbocycles. The summed E-state index contributed by atoms with van der Waals surface area (Å²) in [6.07, 6.45) is 16.3. The lowest BCUT2D eigenvalue weighted by molar-refractivity contribution is -0.129. The number of alkyl halides is 2. The normalized spacial score (nSPS) is 48.0. The molecule has 0 radical (unpaired) electrons. The van der Waals surface area contributed by atoms with E-state index in [-0.39, 0.29) is 6.10 Å². The number of aliphatic hydroxyl groups excluding tert-OH is 1. The molecule has 0 bridgehead atoms. The lowest BCUT2D eigenvalue weighted by Gasteiger charge is -2.61. The number of halogens is 2. The van der Waals surface area contributed by atoms with Crippen molar-refractivity contribution >= 4 is 31.9 Å². The lowest BCUT2D eigenvalue weighted by Crippen LogP contribution is -2.54. The van der Waals surface area contributed by atoms with Crippen LogP contribution in [0.25, 0.3) is 0 Å². The predicted molar refractivity (Wildman–Crippen MR) is 135 cm³/mol. The van der Waals surface area contributed by atoms with E-state index in [1.807, 2.05) is 0 Å². The van der Waals surface area contributed by atoms with E-state index >= 15 is 0 Å². The van der Waals surface area contributed by atoms with E-state index in [0.717, 1.165) is 48.3 Å². The van der Waals surface area contributed by atoms with Gasteiger partial charge in [-0.25, -0.2) is 0 Å². The van der Waals surface area contributed by atoms with E-state index in [2.05, 4.69) is 59.6 Å². The van der Waals surface area contributed by atoms with Crippen molar-refractivity contribution in [3.63, 3.8) is 0 Å². The summed E-state index contributed by atoms with van der Waals surface area (Å²) >= 11 is 7.39. The van der Waals surface area contributed by atoms with Crippen LogP contribution < -0.4 is 0 Å². The highest BCUT2D eigenvalue weighted by molar-refractivity contribution is 9.24.